The van der Waals surface area contributed by atoms with E-state index >= 15 is 0 Å². The maximum Gasteiger partial charge on any atom is 0.0324 e. The van der Waals surface area contributed by atoms with E-state index in [0.717, 1.165) is 21.3 Å². The van der Waals surface area contributed by atoms with E-state index in [4.69, 9.17) is 0 Å². The highest BCUT2D eigenvalue weighted by Crippen LogP contribution is 2.31. The zero-order chi connectivity index (χ0) is 17.1. The van der Waals surface area contributed by atoms with Crippen LogP contribution < -0.4 is 10.1 Å². The summed E-state index contributed by atoms with van der Waals surface area (Å²) in [7, 11) is 0. The molecule has 0 spiro atoms. The Morgan fingerprint density at radius 2 is 0.917 bits per heavy atom. The average Bonchev–Trinajstić information content (AvgIpc) is 2.62. The number of hydrogen-bond donors (Lipinski definition) is 0. The first-order chi connectivity index (χ1) is 11.5. The van der Waals surface area contributed by atoms with E-state index in [-0.39, 0.29) is 0 Å². The molecular formula is C20H18N2O2-2. The van der Waals surface area contributed by atoms with Crippen LogP contribution >= 0.6 is 0 Å². The van der Waals surface area contributed by atoms with Gasteiger partial charge in [0.05, 0.1) is 0 Å². The zero-order valence-electron chi connectivity index (χ0n) is 13.6. The minimum absolute atomic E-state index is 0.421. The molecular weight excluding hydrogens is 300 g/mol. The van der Waals surface area contributed by atoms with Crippen molar-refractivity contribution < 1.29 is 0 Å². The van der Waals surface area contributed by atoms with Crippen molar-refractivity contribution in [2.24, 2.45) is 0 Å². The fourth-order valence-corrected chi connectivity index (χ4v) is 2.40. The molecule has 4 heteroatoms. The molecule has 4 nitrogen and oxygen atoms in total. The van der Waals surface area contributed by atoms with Crippen LogP contribution in [0.25, 0.3) is 0 Å². The second-order valence-corrected chi connectivity index (χ2v) is 5.78. The van der Waals surface area contributed by atoms with Gasteiger partial charge in [0, 0.05) is 22.7 Å². The normalized spacial score (nSPS) is 10.5. The van der Waals surface area contributed by atoms with Gasteiger partial charge in [-0.2, -0.15) is 0 Å². The molecule has 24 heavy (non-hydrogen) atoms. The Morgan fingerprint density at radius 3 is 1.29 bits per heavy atom. The van der Waals surface area contributed by atoms with E-state index in [2.05, 4.69) is 0 Å². The van der Waals surface area contributed by atoms with Gasteiger partial charge in [-0.05, 0) is 56.3 Å². The summed E-state index contributed by atoms with van der Waals surface area (Å²) in [6.45, 7) is 3.94. The van der Waals surface area contributed by atoms with E-state index in [9.17, 15) is 10.4 Å². The smallest absolute Gasteiger partial charge is 0.0324 e. The Balaban J connectivity index is 1.88. The highest BCUT2D eigenvalue weighted by atomic mass is 16.5. The van der Waals surface area contributed by atoms with Gasteiger partial charge in [0.1, 0.15) is 0 Å². The molecule has 0 aliphatic carbocycles. The van der Waals surface area contributed by atoms with Gasteiger partial charge >= 0.3 is 0 Å². The molecule has 0 radical (unpaired) electrons. The summed E-state index contributed by atoms with van der Waals surface area (Å²) in [5, 5.41) is 26.7. The zero-order valence-corrected chi connectivity index (χ0v) is 13.6. The SMILES string of the molecule is Cc1ccc(N([O-])c2cccc(N([O-])c3ccc(C)cc3)c2)cc1. The molecule has 0 saturated heterocycles. The predicted octanol–water partition coefficient (Wildman–Crippen LogP) is 5.58. The molecule has 0 aliphatic heterocycles. The molecule has 0 heterocycles. The lowest BCUT2D eigenvalue weighted by atomic mass is 10.2. The summed E-state index contributed by atoms with van der Waals surface area (Å²) in [4.78, 5) is 0. The van der Waals surface area contributed by atoms with Crippen LogP contribution in [0.5, 0.6) is 0 Å². The highest BCUT2D eigenvalue weighted by molar-refractivity contribution is 5.72. The molecule has 0 saturated carbocycles. The minimum Gasteiger partial charge on any atom is -0.754 e. The Hall–Kier alpha value is -2.82. The summed E-state index contributed by atoms with van der Waals surface area (Å²) >= 11 is 0. The third kappa shape index (κ3) is 3.40. The van der Waals surface area contributed by atoms with Crippen molar-refractivity contribution in [1.82, 2.24) is 0 Å². The van der Waals surface area contributed by atoms with Crippen LogP contribution in [0.4, 0.5) is 22.7 Å². The van der Waals surface area contributed by atoms with Crippen LogP contribution in [0.1, 0.15) is 11.1 Å². The molecule has 122 valence electrons. The maximum absolute atomic E-state index is 12.5. The third-order valence-corrected chi connectivity index (χ3v) is 3.84. The summed E-state index contributed by atoms with van der Waals surface area (Å²) in [5.74, 6) is 0. The molecule has 3 rings (SSSR count). The number of hydrogen-bond acceptors (Lipinski definition) is 4. The van der Waals surface area contributed by atoms with Crippen LogP contribution in [-0.2, 0) is 0 Å². The van der Waals surface area contributed by atoms with Crippen LogP contribution in [0.2, 0.25) is 0 Å². The molecule has 3 aromatic carbocycles. The maximum atomic E-state index is 12.5. The van der Waals surface area contributed by atoms with E-state index in [0.29, 0.717) is 22.7 Å². The van der Waals surface area contributed by atoms with E-state index in [1.165, 1.54) is 0 Å². The first-order valence-electron chi connectivity index (χ1n) is 7.72. The quantitative estimate of drug-likeness (QED) is 0.590. The molecule has 0 fully saturated rings. The Morgan fingerprint density at radius 1 is 0.542 bits per heavy atom. The van der Waals surface area contributed by atoms with Crippen molar-refractivity contribution in [3.05, 3.63) is 94.3 Å². The van der Waals surface area contributed by atoms with Crippen molar-refractivity contribution in [1.29, 1.82) is 0 Å². The summed E-state index contributed by atoms with van der Waals surface area (Å²) in [5.41, 5.74) is 4.08. The summed E-state index contributed by atoms with van der Waals surface area (Å²) < 4.78 is 0. The Bertz CT molecular complexity index is 747. The number of rotatable bonds is 4. The Labute approximate surface area is 141 Å². The standard InChI is InChI=1S/C20H18N2O2/c1-15-6-10-17(11-7-15)21(23)19-4-3-5-20(14-19)22(24)18-12-8-16(2)9-13-18/h3-14H,1-2H3/q-2. The number of benzene rings is 3. The average molecular weight is 318 g/mol. The first-order valence-corrected chi connectivity index (χ1v) is 7.72. The molecule has 0 aliphatic rings. The van der Waals surface area contributed by atoms with Crippen molar-refractivity contribution in [3.63, 3.8) is 0 Å². The number of anilines is 4. The molecule has 0 amide bonds. The molecule has 0 unspecified atom stereocenters. The van der Waals surface area contributed by atoms with Gasteiger partial charge in [-0.3, -0.25) is 0 Å². The van der Waals surface area contributed by atoms with Gasteiger partial charge < -0.3 is 20.5 Å². The second kappa shape index (κ2) is 6.74. The van der Waals surface area contributed by atoms with Crippen molar-refractivity contribution in [2.45, 2.75) is 13.8 Å². The van der Waals surface area contributed by atoms with Crippen LogP contribution in [0.15, 0.2) is 72.8 Å². The lowest BCUT2D eigenvalue weighted by Crippen LogP contribution is -2.10. The van der Waals surface area contributed by atoms with Gasteiger partial charge in [-0.15, -0.1) is 0 Å². The second-order valence-electron chi connectivity index (χ2n) is 5.78. The summed E-state index contributed by atoms with van der Waals surface area (Å²) in [6.07, 6.45) is 0. The van der Waals surface area contributed by atoms with E-state index < -0.39 is 0 Å². The van der Waals surface area contributed by atoms with Crippen LogP contribution in [0, 0.1) is 24.3 Å². The van der Waals surface area contributed by atoms with Gasteiger partial charge in [-0.25, -0.2) is 0 Å². The lowest BCUT2D eigenvalue weighted by Gasteiger charge is -2.35. The highest BCUT2D eigenvalue weighted by Gasteiger charge is 2.03. The minimum atomic E-state index is 0.421. The van der Waals surface area contributed by atoms with Crippen molar-refractivity contribution in [3.8, 4) is 0 Å². The largest absolute Gasteiger partial charge is 0.754 e. The predicted molar refractivity (Wildman–Crippen MR) is 99.8 cm³/mol. The van der Waals surface area contributed by atoms with Crippen LogP contribution in [0.3, 0.4) is 0 Å². The first kappa shape index (κ1) is 16.1. The Kier molecular flexibility index (Phi) is 4.51. The number of nitrogens with zero attached hydrogens (tertiary/aromatic N) is 2. The van der Waals surface area contributed by atoms with Crippen LogP contribution in [-0.4, -0.2) is 0 Å². The molecule has 0 aromatic heterocycles. The van der Waals surface area contributed by atoms with Gasteiger partial charge in [0.15, 0.2) is 0 Å². The third-order valence-electron chi connectivity index (χ3n) is 3.84. The number of aryl methyl sites for hydroxylation is 2. The fourth-order valence-electron chi connectivity index (χ4n) is 2.40. The fraction of sp³-hybridized carbons (Fsp3) is 0.100. The topological polar surface area (TPSA) is 52.6 Å². The molecule has 0 N–H and O–H groups in total. The monoisotopic (exact) mass is 318 g/mol. The molecule has 0 atom stereocenters. The van der Waals surface area contributed by atoms with Crippen molar-refractivity contribution in [2.75, 3.05) is 10.1 Å². The van der Waals surface area contributed by atoms with Gasteiger partial charge in [-0.1, -0.05) is 41.5 Å². The molecule has 0 bridgehead atoms. The summed E-state index contributed by atoms with van der Waals surface area (Å²) in [6, 6.07) is 21.3. The lowest BCUT2D eigenvalue weighted by molar-refractivity contribution is 1.25. The van der Waals surface area contributed by atoms with Gasteiger partial charge in [0.2, 0.25) is 0 Å². The van der Waals surface area contributed by atoms with E-state index in [1.807, 2.05) is 38.1 Å². The molecule has 3 aromatic rings. The van der Waals surface area contributed by atoms with E-state index in [1.54, 1.807) is 48.5 Å². The van der Waals surface area contributed by atoms with Crippen molar-refractivity contribution >= 4 is 22.7 Å². The van der Waals surface area contributed by atoms with Gasteiger partial charge in [0.25, 0.3) is 0 Å².